The lowest BCUT2D eigenvalue weighted by Crippen LogP contribution is -2.38. The molecule has 24 heavy (non-hydrogen) atoms. The zero-order chi connectivity index (χ0) is 16.7. The van der Waals surface area contributed by atoms with Gasteiger partial charge >= 0.3 is 0 Å². The van der Waals surface area contributed by atoms with Crippen molar-refractivity contribution in [1.29, 1.82) is 0 Å². The Hall–Kier alpha value is -2.37. The van der Waals surface area contributed by atoms with Crippen LogP contribution in [0.5, 0.6) is 0 Å². The summed E-state index contributed by atoms with van der Waals surface area (Å²) in [4.78, 5) is 31.9. The highest BCUT2D eigenvalue weighted by Crippen LogP contribution is 2.28. The van der Waals surface area contributed by atoms with Gasteiger partial charge in [-0.05, 0) is 25.3 Å². The van der Waals surface area contributed by atoms with Crippen molar-refractivity contribution >= 4 is 17.5 Å². The second-order valence-corrected chi connectivity index (χ2v) is 6.94. The molecular weight excluding hydrogens is 306 g/mol. The highest BCUT2D eigenvalue weighted by molar-refractivity contribution is 6.40. The van der Waals surface area contributed by atoms with Crippen LogP contribution in [0.15, 0.2) is 29.4 Å². The van der Waals surface area contributed by atoms with E-state index in [2.05, 4.69) is 10.5 Å². The molecule has 126 valence electrons. The second kappa shape index (κ2) is 5.92. The maximum absolute atomic E-state index is 12.5. The molecule has 6 nitrogen and oxygen atoms in total. The molecule has 2 heterocycles. The van der Waals surface area contributed by atoms with E-state index in [0.29, 0.717) is 31.3 Å². The van der Waals surface area contributed by atoms with Crippen molar-refractivity contribution < 1.29 is 14.4 Å². The Bertz CT molecular complexity index is 694. The predicted molar refractivity (Wildman–Crippen MR) is 88.4 cm³/mol. The highest BCUT2D eigenvalue weighted by Gasteiger charge is 2.46. The predicted octanol–water partition coefficient (Wildman–Crippen LogP) is 1.03. The fourth-order valence-electron chi connectivity index (χ4n) is 3.23. The van der Waals surface area contributed by atoms with Crippen molar-refractivity contribution in [2.24, 2.45) is 11.1 Å². The lowest BCUT2D eigenvalue weighted by molar-refractivity contribution is -0.130. The molecule has 4 rings (SSSR count). The molecular formula is C18H21N3O3. The smallest absolute Gasteiger partial charge is 0.269 e. The van der Waals surface area contributed by atoms with Gasteiger partial charge in [-0.25, -0.2) is 0 Å². The maximum Gasteiger partial charge on any atom is 0.269 e. The van der Waals surface area contributed by atoms with Crippen LogP contribution in [-0.4, -0.2) is 47.7 Å². The Kier molecular flexibility index (Phi) is 3.75. The lowest BCUT2D eigenvalue weighted by atomic mass is 10.0. The summed E-state index contributed by atoms with van der Waals surface area (Å²) in [6.07, 6.45) is 2.26. The molecule has 1 saturated heterocycles. The minimum atomic E-state index is -0.188. The van der Waals surface area contributed by atoms with Gasteiger partial charge < -0.3 is 15.1 Å². The van der Waals surface area contributed by atoms with Crippen LogP contribution in [0.1, 0.15) is 24.0 Å². The standard InChI is InChI=1S/C18H21N3O3/c1-11-2-4-12(5-3-11)8-16(22)21-9-14-15(10-21)24-20-17(14)18(23)19-13-6-7-13/h2-5,13-15H,6-10H2,1H3,(H,19,23)/t14-,15+/m0/s1. The number of oxime groups is 1. The Labute approximate surface area is 140 Å². The van der Waals surface area contributed by atoms with Crippen molar-refractivity contribution in [3.63, 3.8) is 0 Å². The highest BCUT2D eigenvalue weighted by atomic mass is 16.6. The van der Waals surface area contributed by atoms with Crippen LogP contribution in [0.3, 0.4) is 0 Å². The van der Waals surface area contributed by atoms with Crippen molar-refractivity contribution in [2.75, 3.05) is 13.1 Å². The van der Waals surface area contributed by atoms with Crippen LogP contribution in [0.25, 0.3) is 0 Å². The van der Waals surface area contributed by atoms with Gasteiger partial charge in [0.25, 0.3) is 5.91 Å². The minimum absolute atomic E-state index is 0.0683. The molecule has 1 N–H and O–H groups in total. The van der Waals surface area contributed by atoms with Gasteiger partial charge in [0.1, 0.15) is 0 Å². The number of nitrogens with zero attached hydrogens (tertiary/aromatic N) is 2. The van der Waals surface area contributed by atoms with Crippen molar-refractivity contribution in [1.82, 2.24) is 10.2 Å². The SMILES string of the molecule is Cc1ccc(CC(=O)N2C[C@@H]3C(C(=O)NC4CC4)=NO[C@@H]3C2)cc1. The number of fused-ring (bicyclic) bond motifs is 1. The quantitative estimate of drug-likeness (QED) is 0.898. The summed E-state index contributed by atoms with van der Waals surface area (Å²) >= 11 is 0. The van der Waals surface area contributed by atoms with E-state index in [9.17, 15) is 9.59 Å². The van der Waals surface area contributed by atoms with Crippen molar-refractivity contribution in [3.8, 4) is 0 Å². The van der Waals surface area contributed by atoms with E-state index in [0.717, 1.165) is 18.4 Å². The fourth-order valence-corrected chi connectivity index (χ4v) is 3.23. The number of rotatable bonds is 4. The minimum Gasteiger partial charge on any atom is -0.389 e. The van der Waals surface area contributed by atoms with Crippen LogP contribution < -0.4 is 5.32 Å². The molecule has 0 unspecified atom stereocenters. The number of benzene rings is 1. The summed E-state index contributed by atoms with van der Waals surface area (Å²) in [5, 5.41) is 6.90. The van der Waals surface area contributed by atoms with Crippen LogP contribution in [0.4, 0.5) is 0 Å². The molecule has 0 bridgehead atoms. The van der Waals surface area contributed by atoms with Crippen LogP contribution in [0, 0.1) is 12.8 Å². The van der Waals surface area contributed by atoms with Crippen LogP contribution in [-0.2, 0) is 20.8 Å². The zero-order valence-corrected chi connectivity index (χ0v) is 13.7. The Balaban J connectivity index is 1.37. The van der Waals surface area contributed by atoms with Crippen molar-refractivity contribution in [3.05, 3.63) is 35.4 Å². The van der Waals surface area contributed by atoms with E-state index in [-0.39, 0.29) is 23.8 Å². The van der Waals surface area contributed by atoms with Crippen LogP contribution >= 0.6 is 0 Å². The molecule has 1 aliphatic carbocycles. The molecule has 2 amide bonds. The molecule has 6 heteroatoms. The van der Waals surface area contributed by atoms with E-state index < -0.39 is 0 Å². The number of hydrogen-bond acceptors (Lipinski definition) is 4. The van der Waals surface area contributed by atoms with E-state index in [1.54, 1.807) is 4.90 Å². The molecule has 2 atom stereocenters. The second-order valence-electron chi connectivity index (χ2n) is 6.94. The maximum atomic E-state index is 12.5. The molecule has 0 radical (unpaired) electrons. The van der Waals surface area contributed by atoms with E-state index >= 15 is 0 Å². The number of amides is 2. The van der Waals surface area contributed by atoms with Gasteiger partial charge in [-0.15, -0.1) is 0 Å². The Morgan fingerprint density at radius 1 is 1.25 bits per heavy atom. The summed E-state index contributed by atoms with van der Waals surface area (Å²) < 4.78 is 0. The van der Waals surface area contributed by atoms with Gasteiger partial charge in [0.05, 0.1) is 18.9 Å². The van der Waals surface area contributed by atoms with Gasteiger partial charge in [0.2, 0.25) is 5.91 Å². The first kappa shape index (κ1) is 15.2. The third kappa shape index (κ3) is 3.00. The van der Waals surface area contributed by atoms with E-state index in [1.165, 1.54) is 5.56 Å². The molecule has 2 aliphatic heterocycles. The summed E-state index contributed by atoms with van der Waals surface area (Å²) in [5.41, 5.74) is 2.62. The van der Waals surface area contributed by atoms with Gasteiger partial charge in [0.15, 0.2) is 11.8 Å². The third-order valence-corrected chi connectivity index (χ3v) is 4.88. The Morgan fingerprint density at radius 2 is 2.00 bits per heavy atom. The summed E-state index contributed by atoms with van der Waals surface area (Å²) in [6.45, 7) is 3.03. The molecule has 2 fully saturated rings. The lowest BCUT2D eigenvalue weighted by Gasteiger charge is -2.17. The van der Waals surface area contributed by atoms with E-state index in [1.807, 2.05) is 31.2 Å². The van der Waals surface area contributed by atoms with Crippen LogP contribution in [0.2, 0.25) is 0 Å². The van der Waals surface area contributed by atoms with E-state index in [4.69, 9.17) is 4.84 Å². The first-order valence-electron chi connectivity index (χ1n) is 8.48. The molecule has 1 aromatic carbocycles. The summed E-state index contributed by atoms with van der Waals surface area (Å²) in [5.74, 6) is -0.178. The number of nitrogens with one attached hydrogen (secondary N) is 1. The van der Waals surface area contributed by atoms with Gasteiger partial charge in [-0.2, -0.15) is 0 Å². The zero-order valence-electron chi connectivity index (χ0n) is 13.7. The van der Waals surface area contributed by atoms with Crippen molar-refractivity contribution in [2.45, 2.75) is 38.3 Å². The van der Waals surface area contributed by atoms with Gasteiger partial charge in [-0.1, -0.05) is 35.0 Å². The summed E-state index contributed by atoms with van der Waals surface area (Å²) in [6, 6.07) is 8.28. The normalized spacial score (nSPS) is 25.0. The first-order chi connectivity index (χ1) is 11.6. The molecule has 1 saturated carbocycles. The molecule has 0 aromatic heterocycles. The molecule has 0 spiro atoms. The third-order valence-electron chi connectivity index (χ3n) is 4.88. The number of carbonyl (C=O) groups is 2. The first-order valence-corrected chi connectivity index (χ1v) is 8.48. The number of likely N-dealkylation sites (tertiary alicyclic amines) is 1. The van der Waals surface area contributed by atoms with Gasteiger partial charge in [0, 0.05) is 12.6 Å². The molecule has 1 aromatic rings. The molecule has 3 aliphatic rings. The number of aryl methyl sites for hydroxylation is 1. The number of carbonyl (C=O) groups excluding carboxylic acids is 2. The number of hydrogen-bond donors (Lipinski definition) is 1. The topological polar surface area (TPSA) is 71.0 Å². The average molecular weight is 327 g/mol. The summed E-state index contributed by atoms with van der Waals surface area (Å²) in [7, 11) is 0. The fraction of sp³-hybridized carbons (Fsp3) is 0.500. The Morgan fingerprint density at radius 3 is 2.71 bits per heavy atom. The largest absolute Gasteiger partial charge is 0.389 e. The average Bonchev–Trinajstić information content (AvgIpc) is 3.12. The monoisotopic (exact) mass is 327 g/mol. The van der Waals surface area contributed by atoms with Gasteiger partial charge in [-0.3, -0.25) is 9.59 Å².